The van der Waals surface area contributed by atoms with E-state index in [1.54, 1.807) is 54.6 Å². The van der Waals surface area contributed by atoms with E-state index in [0.717, 1.165) is 5.56 Å². The lowest BCUT2D eigenvalue weighted by Gasteiger charge is -2.15. The number of aromatic hydroxyl groups is 2. The molecular formula is C34H25Br5N4O8. The van der Waals surface area contributed by atoms with Crippen molar-refractivity contribution in [2.75, 3.05) is 6.54 Å². The zero-order valence-corrected chi connectivity index (χ0v) is 33.8. The second kappa shape index (κ2) is 17.1. The molecule has 0 spiro atoms. The Bertz CT molecular complexity index is 2100. The minimum atomic E-state index is -0.676. The number of halogens is 5. The summed E-state index contributed by atoms with van der Waals surface area (Å²) in [4.78, 5) is 25.9. The summed E-state index contributed by atoms with van der Waals surface area (Å²) in [6.45, 7) is 0.180. The van der Waals surface area contributed by atoms with Crippen molar-refractivity contribution in [2.45, 2.75) is 19.3 Å². The number of carbonyl (C=O) groups is 2. The Balaban J connectivity index is 1.50. The molecule has 4 heterocycles. The third-order valence-corrected chi connectivity index (χ3v) is 10.3. The van der Waals surface area contributed by atoms with Gasteiger partial charge < -0.3 is 40.7 Å². The quantitative estimate of drug-likeness (QED) is 0.0747. The Kier molecular flexibility index (Phi) is 12.8. The number of carbonyl (C=O) groups excluding carboxylic acids is 2. The van der Waals surface area contributed by atoms with Crippen molar-refractivity contribution >= 4 is 109 Å². The molecule has 0 aliphatic carbocycles. The maximum absolute atomic E-state index is 13.0. The van der Waals surface area contributed by atoms with E-state index in [1.807, 2.05) is 0 Å². The van der Waals surface area contributed by atoms with Crippen LogP contribution in [0.15, 0.2) is 93.5 Å². The molecule has 12 nitrogen and oxygen atoms in total. The molecule has 51 heavy (non-hydrogen) atoms. The molecule has 8 rings (SSSR count). The first-order valence-electron chi connectivity index (χ1n) is 14.7. The number of benzene rings is 4. The predicted octanol–water partition coefficient (Wildman–Crippen LogP) is 8.70. The summed E-state index contributed by atoms with van der Waals surface area (Å²) in [5.41, 5.74) is 2.12. The first-order chi connectivity index (χ1) is 24.4. The van der Waals surface area contributed by atoms with Crippen LogP contribution in [0.2, 0.25) is 0 Å². The van der Waals surface area contributed by atoms with Gasteiger partial charge in [0.25, 0.3) is 11.8 Å². The largest absolute Gasteiger partial charge is 0.503 e. The van der Waals surface area contributed by atoms with Crippen LogP contribution < -0.4 is 20.1 Å². The normalized spacial score (nSPS) is 16.5. The summed E-state index contributed by atoms with van der Waals surface area (Å²) < 4.78 is 14.3. The Morgan fingerprint density at radius 1 is 0.627 bits per heavy atom. The summed E-state index contributed by atoms with van der Waals surface area (Å²) in [5, 5.41) is 52.6. The van der Waals surface area contributed by atoms with Crippen LogP contribution in [0.5, 0.6) is 34.5 Å². The van der Waals surface area contributed by atoms with Crippen molar-refractivity contribution < 1.29 is 39.7 Å². The minimum absolute atomic E-state index is 0.0146. The molecule has 0 saturated heterocycles. The van der Waals surface area contributed by atoms with Gasteiger partial charge in [0, 0.05) is 25.6 Å². The van der Waals surface area contributed by atoms with Crippen LogP contribution in [0.3, 0.4) is 0 Å². The molecule has 17 heteroatoms. The third-order valence-electron chi connectivity index (χ3n) is 7.32. The van der Waals surface area contributed by atoms with E-state index in [0.29, 0.717) is 52.5 Å². The third kappa shape index (κ3) is 9.51. The number of oxime groups is 2. The molecule has 0 atom stereocenters. The van der Waals surface area contributed by atoms with Crippen molar-refractivity contribution in [1.82, 2.24) is 10.6 Å². The van der Waals surface area contributed by atoms with Crippen LogP contribution in [0.25, 0.3) is 6.08 Å². The molecule has 264 valence electrons. The topological polar surface area (TPSA) is 182 Å². The Hall–Kier alpha value is -3.90. The van der Waals surface area contributed by atoms with Gasteiger partial charge in [-0.25, -0.2) is 0 Å². The smallest absolute Gasteiger partial charge is 0.273 e. The maximum atomic E-state index is 13.0. The van der Waals surface area contributed by atoms with Crippen molar-refractivity contribution in [1.29, 1.82) is 0 Å². The predicted molar refractivity (Wildman–Crippen MR) is 207 cm³/mol. The van der Waals surface area contributed by atoms with Crippen LogP contribution in [0.1, 0.15) is 22.3 Å². The second-order valence-electron chi connectivity index (χ2n) is 10.9. The molecule has 4 aliphatic heterocycles. The first-order valence-corrected chi connectivity index (χ1v) is 18.7. The van der Waals surface area contributed by atoms with Gasteiger partial charge in [0.2, 0.25) is 0 Å². The van der Waals surface area contributed by atoms with Gasteiger partial charge in [-0.2, -0.15) is 0 Å². The molecule has 0 saturated carbocycles. The van der Waals surface area contributed by atoms with Crippen molar-refractivity contribution in [3.05, 3.63) is 105 Å². The molecule has 4 aromatic carbocycles. The number of hydrogen-bond acceptors (Lipinski definition) is 10. The fraction of sp³-hybridized carbons (Fsp3) is 0.118. The van der Waals surface area contributed by atoms with Crippen molar-refractivity contribution in [3.8, 4) is 34.5 Å². The highest BCUT2D eigenvalue weighted by Crippen LogP contribution is 2.44. The standard InChI is InChI=1S/C34H25Br5N4O8/c35-20-7-16-1-2-27(20)50-28-15-19(11-22(37)30(28)44)13-26(43-49)34(47)40-5-3-17-9-23(38)32(24(39)10-17)51-29-14-18(8-21(36)31(29)45)4-6-41-33(46)25(12-16)42-48/h1-3,5,7-11,14-15,44-45,48-49H,4,6,12-13H2,(H,40,47)(H,41,46)/b5-3-,42-25-,43-26+. The number of ether oxygens (including phenoxy) is 2. The van der Waals surface area contributed by atoms with Gasteiger partial charge in [-0.15, -0.1) is 0 Å². The molecule has 4 aromatic rings. The van der Waals surface area contributed by atoms with Crippen LogP contribution in [0, 0.1) is 0 Å². The van der Waals surface area contributed by atoms with Gasteiger partial charge >= 0.3 is 0 Å². The number of phenols is 2. The van der Waals surface area contributed by atoms with E-state index in [4.69, 9.17) is 9.47 Å². The van der Waals surface area contributed by atoms with E-state index in [1.165, 1.54) is 12.3 Å². The van der Waals surface area contributed by atoms with Crippen LogP contribution in [0.4, 0.5) is 0 Å². The number of amides is 2. The van der Waals surface area contributed by atoms with Gasteiger partial charge in [0.05, 0.1) is 22.4 Å². The lowest BCUT2D eigenvalue weighted by molar-refractivity contribution is -0.115. The summed E-state index contributed by atoms with van der Waals surface area (Å²) in [5.74, 6) is -0.732. The highest BCUT2D eigenvalue weighted by molar-refractivity contribution is 9.11. The van der Waals surface area contributed by atoms with E-state index in [-0.39, 0.29) is 58.3 Å². The average molecular weight is 1020 g/mol. The van der Waals surface area contributed by atoms with Gasteiger partial charge in [0.1, 0.15) is 17.2 Å². The number of nitrogens with one attached hydrogen (secondary N) is 2. The summed E-state index contributed by atoms with van der Waals surface area (Å²) in [6, 6.07) is 14.8. The van der Waals surface area contributed by atoms with Crippen LogP contribution >= 0.6 is 79.6 Å². The monoisotopic (exact) mass is 1010 g/mol. The van der Waals surface area contributed by atoms with Gasteiger partial charge in [0.15, 0.2) is 28.7 Å². The van der Waals surface area contributed by atoms with Gasteiger partial charge in [-0.1, -0.05) is 16.4 Å². The number of phenolic OH excluding ortho intramolecular Hbond substituents is 2. The first kappa shape index (κ1) is 38.3. The average Bonchev–Trinajstić information content (AvgIpc) is 3.08. The van der Waals surface area contributed by atoms with Gasteiger partial charge in [-0.3, -0.25) is 9.59 Å². The molecule has 4 aliphatic rings. The van der Waals surface area contributed by atoms with Crippen molar-refractivity contribution in [2.24, 2.45) is 10.3 Å². The van der Waals surface area contributed by atoms with Crippen molar-refractivity contribution in [3.63, 3.8) is 0 Å². The molecule has 0 unspecified atom stereocenters. The Morgan fingerprint density at radius 2 is 1.20 bits per heavy atom. The Labute approximate surface area is 332 Å². The minimum Gasteiger partial charge on any atom is -0.503 e. The maximum Gasteiger partial charge on any atom is 0.273 e. The lowest BCUT2D eigenvalue weighted by atomic mass is 10.1. The Morgan fingerprint density at radius 3 is 1.84 bits per heavy atom. The number of nitrogens with zero attached hydrogens (tertiary/aromatic N) is 2. The summed E-state index contributed by atoms with van der Waals surface area (Å²) >= 11 is 17.1. The molecule has 6 N–H and O–H groups in total. The molecule has 2 amide bonds. The highest BCUT2D eigenvalue weighted by atomic mass is 79.9. The number of rotatable bonds is 0. The molecule has 0 radical (unpaired) electrons. The molecule has 0 aromatic heterocycles. The molecule has 8 bridgehead atoms. The van der Waals surface area contributed by atoms with Crippen LogP contribution in [-0.4, -0.2) is 50.4 Å². The van der Waals surface area contributed by atoms with E-state index < -0.39 is 11.8 Å². The van der Waals surface area contributed by atoms with Gasteiger partial charge in [-0.05, 0) is 163 Å². The number of hydrogen-bond donors (Lipinski definition) is 6. The van der Waals surface area contributed by atoms with E-state index >= 15 is 0 Å². The zero-order valence-electron chi connectivity index (χ0n) is 25.9. The van der Waals surface area contributed by atoms with E-state index in [9.17, 15) is 30.2 Å². The fourth-order valence-electron chi connectivity index (χ4n) is 4.82. The molecular weight excluding hydrogens is 992 g/mol. The second-order valence-corrected chi connectivity index (χ2v) is 15.2. The summed E-state index contributed by atoms with van der Waals surface area (Å²) in [6.07, 6.45) is 3.22. The SMILES string of the molecule is O=C1NCCc2cc(Br)c(O)c(c2)Oc2c(Br)cc(cc2Br)/C=C\NC(=O)/C(=N/O)Cc2cc(Br)c(O)c(c2)Oc2ccc(cc2Br)C/C1=N/O. The molecule has 0 fully saturated rings. The van der Waals surface area contributed by atoms with E-state index in [2.05, 4.69) is 101 Å². The lowest BCUT2D eigenvalue weighted by Crippen LogP contribution is -2.33. The zero-order chi connectivity index (χ0) is 36.8. The summed E-state index contributed by atoms with van der Waals surface area (Å²) in [7, 11) is 0. The van der Waals surface area contributed by atoms with Crippen LogP contribution in [-0.2, 0) is 28.9 Å². The highest BCUT2D eigenvalue weighted by Gasteiger charge is 2.20. The fourth-order valence-corrected chi connectivity index (χ4v) is 7.69.